The molecule has 0 amide bonds. The number of aliphatic carboxylic acids is 1. The van der Waals surface area contributed by atoms with E-state index in [1.807, 2.05) is 0 Å². The molecule has 1 N–H and O–H groups in total. The van der Waals surface area contributed by atoms with E-state index in [1.54, 1.807) is 25.3 Å². The summed E-state index contributed by atoms with van der Waals surface area (Å²) in [6, 6.07) is 0. The summed E-state index contributed by atoms with van der Waals surface area (Å²) in [5.41, 5.74) is 1.64. The molecular formula is C14H15ClN4O5. The number of rotatable bonds is 2. The second-order valence-electron chi connectivity index (χ2n) is 6.25. The Bertz CT molecular complexity index is 838. The van der Waals surface area contributed by atoms with E-state index >= 15 is 0 Å². The van der Waals surface area contributed by atoms with Gasteiger partial charge >= 0.3 is 5.97 Å². The molecule has 0 bridgehead atoms. The largest absolute Gasteiger partial charge is 0.479 e. The van der Waals surface area contributed by atoms with Gasteiger partial charge < -0.3 is 19.3 Å². The normalized spacial score (nSPS) is 31.5. The van der Waals surface area contributed by atoms with Gasteiger partial charge in [-0.05, 0) is 32.4 Å². The van der Waals surface area contributed by atoms with Gasteiger partial charge in [0.1, 0.15) is 17.7 Å². The number of carboxylic acids is 1. The summed E-state index contributed by atoms with van der Waals surface area (Å²) in [5.74, 6) is -2.01. The lowest BCUT2D eigenvalue weighted by atomic mass is 10.1. The first kappa shape index (κ1) is 15.7. The van der Waals surface area contributed by atoms with Crippen molar-refractivity contribution in [2.75, 3.05) is 0 Å². The van der Waals surface area contributed by atoms with Crippen LogP contribution in [0.3, 0.4) is 0 Å². The molecule has 2 saturated heterocycles. The first-order valence-corrected chi connectivity index (χ1v) is 7.75. The average molecular weight is 355 g/mol. The van der Waals surface area contributed by atoms with Crippen molar-refractivity contribution in [2.24, 2.45) is 0 Å². The fraction of sp³-hybridized carbons (Fsp3) is 0.571. The molecule has 0 saturated carbocycles. The van der Waals surface area contributed by atoms with Crippen LogP contribution in [0.4, 0.5) is 0 Å². The SMILES string of the molecule is Cc1nc(Cl)nc2c1ncn2[C@@H]1O[C@H](C(=O)O)[C@H]2OC(C)(C)O[C@H]21. The van der Waals surface area contributed by atoms with Crippen LogP contribution in [0.2, 0.25) is 5.28 Å². The molecule has 2 aromatic rings. The Kier molecular flexibility index (Phi) is 3.33. The van der Waals surface area contributed by atoms with Crippen LogP contribution in [0.15, 0.2) is 6.33 Å². The van der Waals surface area contributed by atoms with Gasteiger partial charge in [0.25, 0.3) is 0 Å². The number of carbonyl (C=O) groups is 1. The third-order valence-electron chi connectivity index (χ3n) is 4.12. The number of halogens is 1. The Morgan fingerprint density at radius 3 is 2.75 bits per heavy atom. The molecule has 0 radical (unpaired) electrons. The van der Waals surface area contributed by atoms with Gasteiger partial charge in [-0.1, -0.05) is 0 Å². The fourth-order valence-electron chi connectivity index (χ4n) is 3.21. The summed E-state index contributed by atoms with van der Waals surface area (Å²) in [5, 5.41) is 9.49. The second-order valence-corrected chi connectivity index (χ2v) is 6.59. The maximum Gasteiger partial charge on any atom is 0.335 e. The van der Waals surface area contributed by atoms with Crippen LogP contribution in [-0.4, -0.2) is 54.7 Å². The number of hydrogen-bond acceptors (Lipinski definition) is 7. The molecule has 10 heteroatoms. The van der Waals surface area contributed by atoms with Gasteiger partial charge in [0.2, 0.25) is 5.28 Å². The third-order valence-corrected chi connectivity index (χ3v) is 4.28. The van der Waals surface area contributed by atoms with Crippen molar-refractivity contribution >= 4 is 28.7 Å². The highest BCUT2D eigenvalue weighted by atomic mass is 35.5. The Labute approximate surface area is 141 Å². The second kappa shape index (κ2) is 5.09. The van der Waals surface area contributed by atoms with Crippen molar-refractivity contribution in [1.29, 1.82) is 0 Å². The molecule has 0 spiro atoms. The summed E-state index contributed by atoms with van der Waals surface area (Å²) < 4.78 is 18.9. The Morgan fingerprint density at radius 2 is 2.04 bits per heavy atom. The molecule has 9 nitrogen and oxygen atoms in total. The van der Waals surface area contributed by atoms with Crippen LogP contribution in [0, 0.1) is 6.92 Å². The van der Waals surface area contributed by atoms with Gasteiger partial charge in [-0.15, -0.1) is 0 Å². The van der Waals surface area contributed by atoms with E-state index in [1.165, 1.54) is 6.33 Å². The molecule has 0 aromatic carbocycles. The molecular weight excluding hydrogens is 340 g/mol. The third kappa shape index (κ3) is 2.27. The molecule has 2 aliphatic rings. The number of hydrogen-bond donors (Lipinski definition) is 1. The lowest BCUT2D eigenvalue weighted by molar-refractivity contribution is -0.202. The fourth-order valence-corrected chi connectivity index (χ4v) is 3.42. The summed E-state index contributed by atoms with van der Waals surface area (Å²) in [7, 11) is 0. The number of fused-ring (bicyclic) bond motifs is 2. The van der Waals surface area contributed by atoms with E-state index in [-0.39, 0.29) is 5.28 Å². The molecule has 2 fully saturated rings. The molecule has 4 atom stereocenters. The number of ether oxygens (including phenoxy) is 3. The zero-order valence-corrected chi connectivity index (χ0v) is 13.9. The molecule has 0 unspecified atom stereocenters. The van der Waals surface area contributed by atoms with Crippen molar-refractivity contribution in [2.45, 2.75) is 51.1 Å². The van der Waals surface area contributed by atoms with Crippen LogP contribution in [-0.2, 0) is 19.0 Å². The van der Waals surface area contributed by atoms with E-state index in [0.717, 1.165) is 0 Å². The molecule has 128 valence electrons. The van der Waals surface area contributed by atoms with E-state index in [0.29, 0.717) is 16.9 Å². The maximum atomic E-state index is 11.5. The van der Waals surface area contributed by atoms with Crippen molar-refractivity contribution in [3.63, 3.8) is 0 Å². The maximum absolute atomic E-state index is 11.5. The highest BCUT2D eigenvalue weighted by Crippen LogP contribution is 2.43. The number of carboxylic acid groups (broad SMARTS) is 1. The first-order valence-electron chi connectivity index (χ1n) is 7.37. The number of aromatic nitrogens is 4. The molecule has 2 aliphatic heterocycles. The van der Waals surface area contributed by atoms with Crippen molar-refractivity contribution in [3.05, 3.63) is 17.3 Å². The number of aryl methyl sites for hydroxylation is 1. The van der Waals surface area contributed by atoms with Crippen LogP contribution >= 0.6 is 11.6 Å². The lowest BCUT2D eigenvalue weighted by Crippen LogP contribution is -2.35. The van der Waals surface area contributed by atoms with Gasteiger partial charge in [-0.2, -0.15) is 4.98 Å². The minimum atomic E-state index is -1.14. The lowest BCUT2D eigenvalue weighted by Gasteiger charge is -2.23. The highest BCUT2D eigenvalue weighted by Gasteiger charge is 2.58. The molecule has 24 heavy (non-hydrogen) atoms. The monoisotopic (exact) mass is 354 g/mol. The van der Waals surface area contributed by atoms with Crippen LogP contribution in [0.5, 0.6) is 0 Å². The summed E-state index contributed by atoms with van der Waals surface area (Å²) in [6.45, 7) is 5.23. The van der Waals surface area contributed by atoms with E-state index in [9.17, 15) is 9.90 Å². The molecule has 4 rings (SSSR count). The van der Waals surface area contributed by atoms with E-state index in [2.05, 4.69) is 15.0 Å². The predicted molar refractivity (Wildman–Crippen MR) is 80.4 cm³/mol. The van der Waals surface area contributed by atoms with Crippen LogP contribution in [0.25, 0.3) is 11.2 Å². The minimum absolute atomic E-state index is 0.0787. The topological polar surface area (TPSA) is 109 Å². The quantitative estimate of drug-likeness (QED) is 0.803. The first-order chi connectivity index (χ1) is 11.3. The molecule has 2 aromatic heterocycles. The molecule has 0 aliphatic carbocycles. The minimum Gasteiger partial charge on any atom is -0.479 e. The predicted octanol–water partition coefficient (Wildman–Crippen LogP) is 1.29. The Hall–Kier alpha value is -1.81. The van der Waals surface area contributed by atoms with E-state index < -0.39 is 36.3 Å². The zero-order valence-electron chi connectivity index (χ0n) is 13.1. The van der Waals surface area contributed by atoms with Gasteiger partial charge in [-0.3, -0.25) is 4.57 Å². The van der Waals surface area contributed by atoms with Gasteiger partial charge in [0, 0.05) is 0 Å². The standard InChI is InChI=1S/C14H15ClN4O5/c1-5-6-10(18-13(15)17-5)19(4-16-6)11-8-7(9(22-11)12(20)21)23-14(2,3)24-8/h4,7-9,11H,1-3H3,(H,20,21)/t7-,8+,9-,11+/m0/s1. The average Bonchev–Trinajstić information content (AvgIpc) is 3.09. The summed E-state index contributed by atoms with van der Waals surface area (Å²) in [6.07, 6.45) is -1.69. The van der Waals surface area contributed by atoms with Crippen molar-refractivity contribution in [1.82, 2.24) is 19.5 Å². The Morgan fingerprint density at radius 1 is 1.33 bits per heavy atom. The van der Waals surface area contributed by atoms with E-state index in [4.69, 9.17) is 25.8 Å². The van der Waals surface area contributed by atoms with Crippen LogP contribution in [0.1, 0.15) is 25.8 Å². The summed E-state index contributed by atoms with van der Waals surface area (Å²) >= 11 is 5.94. The number of nitrogens with zero attached hydrogens (tertiary/aromatic N) is 4. The number of imidazole rings is 1. The summed E-state index contributed by atoms with van der Waals surface area (Å²) in [4.78, 5) is 24.0. The van der Waals surface area contributed by atoms with Gasteiger partial charge in [0.15, 0.2) is 23.8 Å². The Balaban J connectivity index is 1.80. The van der Waals surface area contributed by atoms with Crippen molar-refractivity contribution in [3.8, 4) is 0 Å². The van der Waals surface area contributed by atoms with Gasteiger partial charge in [-0.25, -0.2) is 14.8 Å². The van der Waals surface area contributed by atoms with Crippen molar-refractivity contribution < 1.29 is 24.1 Å². The van der Waals surface area contributed by atoms with Gasteiger partial charge in [0.05, 0.1) is 12.0 Å². The smallest absolute Gasteiger partial charge is 0.335 e. The zero-order chi connectivity index (χ0) is 17.2. The highest BCUT2D eigenvalue weighted by molar-refractivity contribution is 6.28. The molecule has 4 heterocycles. The van der Waals surface area contributed by atoms with Crippen LogP contribution < -0.4 is 0 Å².